The van der Waals surface area contributed by atoms with Crippen molar-refractivity contribution in [3.05, 3.63) is 46.7 Å². The first-order chi connectivity index (χ1) is 12.7. The second-order valence-corrected chi connectivity index (χ2v) is 10.4. The lowest BCUT2D eigenvalue weighted by Gasteiger charge is -2.23. The number of aromatic nitrogens is 2. The van der Waals surface area contributed by atoms with Crippen molar-refractivity contribution >= 4 is 37.3 Å². The van der Waals surface area contributed by atoms with Gasteiger partial charge < -0.3 is 5.32 Å². The van der Waals surface area contributed by atoms with Gasteiger partial charge in [0, 0.05) is 5.39 Å². The third-order valence-electron chi connectivity index (χ3n) is 4.76. The Balaban J connectivity index is 1.67. The normalized spacial score (nSPS) is 21.6. The number of amides is 1. The summed E-state index contributed by atoms with van der Waals surface area (Å²) in [5.41, 5.74) is 0.723. The minimum Gasteiger partial charge on any atom is -0.345 e. The number of hydrogen-bond donors (Lipinski definition) is 1. The summed E-state index contributed by atoms with van der Waals surface area (Å²) >= 11 is 1.28. The van der Waals surface area contributed by atoms with Gasteiger partial charge in [-0.05, 0) is 50.6 Å². The number of nitrogens with one attached hydrogen (secondary N) is 1. The van der Waals surface area contributed by atoms with E-state index in [1.54, 1.807) is 29.8 Å². The van der Waals surface area contributed by atoms with Crippen molar-refractivity contribution in [2.75, 3.05) is 11.5 Å². The summed E-state index contributed by atoms with van der Waals surface area (Å²) in [6.07, 6.45) is 0.411. The highest BCUT2D eigenvalue weighted by atomic mass is 32.2. The van der Waals surface area contributed by atoms with Gasteiger partial charge in [-0.15, -0.1) is 11.3 Å². The van der Waals surface area contributed by atoms with Crippen LogP contribution in [0.15, 0.2) is 30.3 Å². The number of sulfone groups is 1. The van der Waals surface area contributed by atoms with Gasteiger partial charge in [-0.1, -0.05) is 0 Å². The quantitative estimate of drug-likeness (QED) is 0.724. The number of benzene rings is 1. The number of nitrogens with zero attached hydrogens (tertiary/aromatic N) is 2. The van der Waals surface area contributed by atoms with Gasteiger partial charge in [0.05, 0.1) is 33.3 Å². The van der Waals surface area contributed by atoms with Crippen LogP contribution in [0.3, 0.4) is 0 Å². The van der Waals surface area contributed by atoms with E-state index in [1.165, 1.54) is 23.5 Å². The molecular formula is C18H18FN3O3S2. The van der Waals surface area contributed by atoms with E-state index in [0.717, 1.165) is 15.9 Å². The third-order valence-corrected chi connectivity index (χ3v) is 7.77. The molecule has 1 aliphatic rings. The van der Waals surface area contributed by atoms with E-state index in [9.17, 15) is 17.6 Å². The Kier molecular flexibility index (Phi) is 4.12. The SMILES string of the molecule is Cc1nn(-c2ccc(F)cc2)c2sc(C(=O)NC3(C)CCS(=O)(=O)C3)cc12. The van der Waals surface area contributed by atoms with Gasteiger partial charge in [0.25, 0.3) is 5.91 Å². The number of rotatable bonds is 3. The molecule has 1 unspecified atom stereocenters. The summed E-state index contributed by atoms with van der Waals surface area (Å²) in [5.74, 6) is -0.570. The van der Waals surface area contributed by atoms with Crippen LogP contribution < -0.4 is 5.32 Å². The van der Waals surface area contributed by atoms with Gasteiger partial charge in [0.15, 0.2) is 9.84 Å². The second kappa shape index (κ2) is 6.13. The fourth-order valence-corrected chi connectivity index (χ4v) is 6.53. The predicted molar refractivity (Wildman–Crippen MR) is 103 cm³/mol. The van der Waals surface area contributed by atoms with Gasteiger partial charge in [-0.3, -0.25) is 4.79 Å². The molecule has 0 aliphatic carbocycles. The molecule has 1 amide bonds. The average molecular weight is 407 g/mol. The fraction of sp³-hybridized carbons (Fsp3) is 0.333. The van der Waals surface area contributed by atoms with Gasteiger partial charge in [0.1, 0.15) is 10.6 Å². The highest BCUT2D eigenvalue weighted by molar-refractivity contribution is 7.91. The molecule has 3 aromatic rings. The maximum Gasteiger partial charge on any atom is 0.261 e. The molecule has 1 fully saturated rings. The average Bonchev–Trinajstić information content (AvgIpc) is 3.22. The van der Waals surface area contributed by atoms with Crippen molar-refractivity contribution in [1.29, 1.82) is 0 Å². The second-order valence-electron chi connectivity index (χ2n) is 7.16. The zero-order valence-electron chi connectivity index (χ0n) is 14.8. The number of carbonyl (C=O) groups excluding carboxylic acids is 1. The topological polar surface area (TPSA) is 81.1 Å². The highest BCUT2D eigenvalue weighted by Gasteiger charge is 2.39. The molecule has 1 aliphatic heterocycles. The summed E-state index contributed by atoms with van der Waals surface area (Å²) in [5, 5.41) is 8.20. The van der Waals surface area contributed by atoms with E-state index in [4.69, 9.17) is 0 Å². The van der Waals surface area contributed by atoms with Crippen LogP contribution >= 0.6 is 11.3 Å². The Morgan fingerprint density at radius 3 is 2.67 bits per heavy atom. The molecule has 3 heterocycles. The Morgan fingerprint density at radius 2 is 2.04 bits per heavy atom. The number of hydrogen-bond acceptors (Lipinski definition) is 5. The van der Waals surface area contributed by atoms with Crippen LogP contribution in [-0.4, -0.2) is 41.2 Å². The fourth-order valence-electron chi connectivity index (χ4n) is 3.36. The summed E-state index contributed by atoms with van der Waals surface area (Å²) in [7, 11) is -3.10. The van der Waals surface area contributed by atoms with Crippen LogP contribution in [0.5, 0.6) is 0 Å². The molecule has 0 saturated carbocycles. The first-order valence-corrected chi connectivity index (χ1v) is 11.1. The van der Waals surface area contributed by atoms with E-state index in [-0.39, 0.29) is 23.2 Å². The Bertz CT molecular complexity index is 1150. The molecule has 9 heteroatoms. The van der Waals surface area contributed by atoms with Crippen LogP contribution in [0.1, 0.15) is 28.7 Å². The molecule has 1 saturated heterocycles. The predicted octanol–water partition coefficient (Wildman–Crippen LogP) is 2.84. The van der Waals surface area contributed by atoms with Gasteiger partial charge in [-0.2, -0.15) is 5.10 Å². The monoisotopic (exact) mass is 407 g/mol. The lowest BCUT2D eigenvalue weighted by molar-refractivity contribution is 0.0919. The lowest BCUT2D eigenvalue weighted by Crippen LogP contribution is -2.46. The van der Waals surface area contributed by atoms with Crippen LogP contribution in [0.4, 0.5) is 4.39 Å². The van der Waals surface area contributed by atoms with E-state index in [0.29, 0.717) is 17.0 Å². The zero-order valence-corrected chi connectivity index (χ0v) is 16.5. The highest BCUT2D eigenvalue weighted by Crippen LogP contribution is 2.31. The summed E-state index contributed by atoms with van der Waals surface area (Å²) in [4.78, 5) is 14.0. The van der Waals surface area contributed by atoms with E-state index < -0.39 is 15.4 Å². The first kappa shape index (κ1) is 18.1. The van der Waals surface area contributed by atoms with Gasteiger partial charge in [0.2, 0.25) is 0 Å². The molecule has 142 valence electrons. The van der Waals surface area contributed by atoms with Crippen molar-refractivity contribution in [3.8, 4) is 5.69 Å². The van der Waals surface area contributed by atoms with E-state index in [1.807, 2.05) is 6.92 Å². The van der Waals surface area contributed by atoms with Crippen LogP contribution in [-0.2, 0) is 9.84 Å². The van der Waals surface area contributed by atoms with E-state index >= 15 is 0 Å². The smallest absolute Gasteiger partial charge is 0.261 e. The molecule has 2 aromatic heterocycles. The minimum absolute atomic E-state index is 0.0426. The number of thiophene rings is 1. The number of carbonyl (C=O) groups is 1. The molecule has 1 N–H and O–H groups in total. The zero-order chi connectivity index (χ0) is 19.4. The third kappa shape index (κ3) is 3.37. The Hall–Kier alpha value is -2.26. The molecule has 6 nitrogen and oxygen atoms in total. The molecule has 0 spiro atoms. The van der Waals surface area contributed by atoms with Crippen molar-refractivity contribution < 1.29 is 17.6 Å². The summed E-state index contributed by atoms with van der Waals surface area (Å²) < 4.78 is 38.4. The molecular weight excluding hydrogens is 389 g/mol. The number of halogens is 1. The minimum atomic E-state index is -3.10. The van der Waals surface area contributed by atoms with Gasteiger partial charge >= 0.3 is 0 Å². The maximum absolute atomic E-state index is 13.2. The molecule has 4 rings (SSSR count). The molecule has 27 heavy (non-hydrogen) atoms. The maximum atomic E-state index is 13.2. The van der Waals surface area contributed by atoms with Crippen LogP contribution in [0, 0.1) is 12.7 Å². The summed E-state index contributed by atoms with van der Waals surface area (Å²) in [6.45, 7) is 3.61. The Morgan fingerprint density at radius 1 is 1.33 bits per heavy atom. The molecule has 0 bridgehead atoms. The van der Waals surface area contributed by atoms with Crippen molar-refractivity contribution in [1.82, 2.24) is 15.1 Å². The number of aryl methyl sites for hydroxylation is 1. The van der Waals surface area contributed by atoms with Crippen molar-refractivity contribution in [3.63, 3.8) is 0 Å². The first-order valence-electron chi connectivity index (χ1n) is 8.44. The lowest BCUT2D eigenvalue weighted by atomic mass is 10.0. The van der Waals surface area contributed by atoms with Crippen molar-refractivity contribution in [2.45, 2.75) is 25.8 Å². The standard InChI is InChI=1S/C18H18FN3O3S2/c1-11-14-9-15(16(23)20-18(2)7-8-27(24,25)10-18)26-17(14)22(21-11)13-5-3-12(19)4-6-13/h3-6,9H,7-8,10H2,1-2H3,(H,20,23). The largest absolute Gasteiger partial charge is 0.345 e. The Labute approximate surface area is 159 Å². The van der Waals surface area contributed by atoms with E-state index in [2.05, 4.69) is 10.4 Å². The molecule has 0 radical (unpaired) electrons. The molecule has 1 atom stereocenters. The van der Waals surface area contributed by atoms with Gasteiger partial charge in [-0.25, -0.2) is 17.5 Å². The van der Waals surface area contributed by atoms with Crippen LogP contribution in [0.25, 0.3) is 15.9 Å². The van der Waals surface area contributed by atoms with Crippen molar-refractivity contribution in [2.24, 2.45) is 0 Å². The number of fused-ring (bicyclic) bond motifs is 1. The van der Waals surface area contributed by atoms with Crippen LogP contribution in [0.2, 0.25) is 0 Å². The molecule has 1 aromatic carbocycles. The summed E-state index contributed by atoms with van der Waals surface area (Å²) in [6, 6.07) is 7.75.